The Balaban J connectivity index is 1.51. The number of nitrogens with one attached hydrogen (secondary N) is 2. The number of piperazine rings is 1. The van der Waals surface area contributed by atoms with E-state index in [0.717, 1.165) is 24.0 Å². The second kappa shape index (κ2) is 16.4. The third kappa shape index (κ3) is 9.55. The second-order valence-electron chi connectivity index (χ2n) is 11.6. The minimum atomic E-state index is -4.06. The number of carbonyl (C=O) groups excluding carboxylic acids is 3. The average Bonchev–Trinajstić information content (AvgIpc) is 3.07. The zero-order chi connectivity index (χ0) is 34.0. The Kier molecular flexibility index (Phi) is 12.4. The molecule has 47 heavy (non-hydrogen) atoms. The highest BCUT2D eigenvalue weighted by atomic mass is 32.2. The highest BCUT2D eigenvalue weighted by molar-refractivity contribution is 7.89. The van der Waals surface area contributed by atoms with Crippen LogP contribution in [0.2, 0.25) is 0 Å². The van der Waals surface area contributed by atoms with Gasteiger partial charge in [-0.1, -0.05) is 69.7 Å². The quantitative estimate of drug-likeness (QED) is 0.248. The van der Waals surface area contributed by atoms with Gasteiger partial charge in [0.15, 0.2) is 6.61 Å². The molecular weight excluding hydrogens is 620 g/mol. The monoisotopic (exact) mass is 664 g/mol. The molecule has 0 aliphatic carbocycles. The molecule has 1 aliphatic heterocycles. The van der Waals surface area contributed by atoms with E-state index in [1.165, 1.54) is 14.8 Å². The van der Waals surface area contributed by atoms with Crippen molar-refractivity contribution >= 4 is 33.6 Å². The first kappa shape index (κ1) is 35.4. The van der Waals surface area contributed by atoms with Gasteiger partial charge in [0.1, 0.15) is 11.8 Å². The molecule has 4 rings (SSSR count). The van der Waals surface area contributed by atoms with Crippen LogP contribution in [0.15, 0.2) is 77.7 Å². The number of ether oxygens (including phenoxy) is 2. The van der Waals surface area contributed by atoms with Crippen LogP contribution in [0, 0.1) is 0 Å². The molecule has 1 aliphatic rings. The topological polar surface area (TPSA) is 134 Å². The van der Waals surface area contributed by atoms with Crippen molar-refractivity contribution < 1.29 is 32.3 Å². The molecule has 0 unspecified atom stereocenters. The van der Waals surface area contributed by atoms with Gasteiger partial charge in [0.2, 0.25) is 15.9 Å². The molecule has 3 aromatic carbocycles. The third-order valence-electron chi connectivity index (χ3n) is 7.85. The van der Waals surface area contributed by atoms with Gasteiger partial charge in [0, 0.05) is 37.9 Å². The summed E-state index contributed by atoms with van der Waals surface area (Å²) in [4.78, 5) is 40.3. The molecule has 1 heterocycles. The van der Waals surface area contributed by atoms with Gasteiger partial charge in [-0.15, -0.1) is 0 Å². The Morgan fingerprint density at radius 2 is 1.64 bits per heavy atom. The molecule has 1 fully saturated rings. The van der Waals surface area contributed by atoms with Crippen LogP contribution in [0.5, 0.6) is 5.75 Å². The van der Waals surface area contributed by atoms with Gasteiger partial charge in [0.25, 0.3) is 0 Å². The molecule has 3 amide bonds. The SMILES string of the molecule is CCCc1ccc(S(=O)(=O)N2CCN(C(=O)Nc3cccc(OCC(=O)OCC)c3)C[C@@H]2C(=O)NCc2ccc(C(C)C)cc2)cc1. The third-order valence-corrected chi connectivity index (χ3v) is 9.77. The molecule has 1 saturated heterocycles. The number of rotatable bonds is 13. The first-order valence-corrected chi connectivity index (χ1v) is 17.4. The second-order valence-corrected chi connectivity index (χ2v) is 13.5. The number of carbonyl (C=O) groups is 3. The van der Waals surface area contributed by atoms with E-state index in [1.807, 2.05) is 24.3 Å². The first-order valence-electron chi connectivity index (χ1n) is 15.9. The first-order chi connectivity index (χ1) is 22.5. The fraction of sp³-hybridized carbons (Fsp3) is 0.400. The fourth-order valence-electron chi connectivity index (χ4n) is 5.24. The predicted octanol–water partition coefficient (Wildman–Crippen LogP) is 4.93. The van der Waals surface area contributed by atoms with Crippen LogP contribution in [0.3, 0.4) is 0 Å². The molecule has 1 atom stereocenters. The number of hydrogen-bond acceptors (Lipinski definition) is 7. The fourth-order valence-corrected chi connectivity index (χ4v) is 6.81. The lowest BCUT2D eigenvalue weighted by atomic mass is 10.0. The van der Waals surface area contributed by atoms with Crippen molar-refractivity contribution in [3.8, 4) is 5.75 Å². The Morgan fingerprint density at radius 1 is 0.936 bits per heavy atom. The van der Waals surface area contributed by atoms with Crippen molar-refractivity contribution in [2.24, 2.45) is 0 Å². The lowest BCUT2D eigenvalue weighted by Gasteiger charge is -2.39. The maximum atomic E-state index is 13.9. The van der Waals surface area contributed by atoms with Crippen LogP contribution in [0.25, 0.3) is 0 Å². The molecule has 11 nitrogen and oxygen atoms in total. The largest absolute Gasteiger partial charge is 0.482 e. The number of aryl methyl sites for hydroxylation is 1. The maximum Gasteiger partial charge on any atom is 0.344 e. The lowest BCUT2D eigenvalue weighted by Crippen LogP contribution is -2.61. The van der Waals surface area contributed by atoms with E-state index >= 15 is 0 Å². The molecule has 252 valence electrons. The van der Waals surface area contributed by atoms with Crippen LogP contribution in [-0.2, 0) is 37.3 Å². The van der Waals surface area contributed by atoms with Crippen molar-refractivity contribution in [3.63, 3.8) is 0 Å². The summed E-state index contributed by atoms with van der Waals surface area (Å²) in [5.74, 6) is -0.289. The number of hydrogen-bond donors (Lipinski definition) is 2. The summed E-state index contributed by atoms with van der Waals surface area (Å²) in [6, 6.07) is 19.5. The number of anilines is 1. The summed E-state index contributed by atoms with van der Waals surface area (Å²) < 4.78 is 39.3. The van der Waals surface area contributed by atoms with E-state index in [4.69, 9.17) is 9.47 Å². The standard InChI is InChI=1S/C35H44N4O7S/c1-5-8-26-13-17-31(18-14-26)47(43,44)39-20-19-38(23-32(39)34(41)36-22-27-11-15-28(16-12-27)25(3)4)35(42)37-29-9-7-10-30(21-29)46-24-33(40)45-6-2/h7,9-18,21,25,32H,5-6,8,19-20,22-24H2,1-4H3,(H,36,41)(H,37,42)/t32-/m1/s1. The van der Waals surface area contributed by atoms with E-state index in [1.54, 1.807) is 55.5 Å². The Hall–Kier alpha value is -4.42. The van der Waals surface area contributed by atoms with Crippen LogP contribution in [0.4, 0.5) is 10.5 Å². The van der Waals surface area contributed by atoms with Crippen molar-refractivity contribution in [1.29, 1.82) is 0 Å². The summed E-state index contributed by atoms with van der Waals surface area (Å²) in [6.45, 7) is 7.97. The molecule has 0 aromatic heterocycles. The Morgan fingerprint density at radius 3 is 2.30 bits per heavy atom. The van der Waals surface area contributed by atoms with Gasteiger partial charge in [-0.3, -0.25) is 4.79 Å². The zero-order valence-electron chi connectivity index (χ0n) is 27.4. The van der Waals surface area contributed by atoms with Crippen molar-refractivity contribution in [3.05, 3.63) is 89.5 Å². The summed E-state index contributed by atoms with van der Waals surface area (Å²) >= 11 is 0. The molecule has 3 aromatic rings. The molecule has 0 bridgehead atoms. The maximum absolute atomic E-state index is 13.9. The number of nitrogens with zero attached hydrogens (tertiary/aromatic N) is 2. The van der Waals surface area contributed by atoms with Crippen molar-refractivity contribution in [1.82, 2.24) is 14.5 Å². The van der Waals surface area contributed by atoms with Gasteiger partial charge in [-0.05, 0) is 60.2 Å². The number of esters is 1. The minimum Gasteiger partial charge on any atom is -0.482 e. The number of amides is 3. The van der Waals surface area contributed by atoms with E-state index < -0.39 is 34.0 Å². The Bertz CT molecular complexity index is 1630. The van der Waals surface area contributed by atoms with E-state index in [9.17, 15) is 22.8 Å². The molecule has 0 saturated carbocycles. The summed E-state index contributed by atoms with van der Waals surface area (Å²) in [5, 5.41) is 5.68. The van der Waals surface area contributed by atoms with E-state index in [2.05, 4.69) is 31.4 Å². The van der Waals surface area contributed by atoms with Crippen molar-refractivity contribution in [2.75, 3.05) is 38.2 Å². The Labute approximate surface area is 277 Å². The predicted molar refractivity (Wildman–Crippen MR) is 180 cm³/mol. The van der Waals surface area contributed by atoms with Crippen LogP contribution in [0.1, 0.15) is 56.7 Å². The summed E-state index contributed by atoms with van der Waals surface area (Å²) in [6.07, 6.45) is 1.77. The normalized spacial score (nSPS) is 15.3. The van der Waals surface area contributed by atoms with Gasteiger partial charge in [-0.2, -0.15) is 4.31 Å². The lowest BCUT2D eigenvalue weighted by molar-refractivity contribution is -0.145. The van der Waals surface area contributed by atoms with Crippen molar-refractivity contribution in [2.45, 2.75) is 63.9 Å². The van der Waals surface area contributed by atoms with Gasteiger partial charge >= 0.3 is 12.0 Å². The summed E-state index contributed by atoms with van der Waals surface area (Å²) in [7, 11) is -4.06. The van der Waals surface area contributed by atoms with Crippen LogP contribution in [-0.4, -0.2) is 74.4 Å². The molecule has 12 heteroatoms. The van der Waals surface area contributed by atoms with Crippen LogP contribution >= 0.6 is 0 Å². The number of benzene rings is 3. The minimum absolute atomic E-state index is 0.0679. The van der Waals surface area contributed by atoms with Gasteiger partial charge < -0.3 is 25.0 Å². The van der Waals surface area contributed by atoms with E-state index in [-0.39, 0.29) is 44.3 Å². The number of urea groups is 1. The molecule has 0 spiro atoms. The smallest absolute Gasteiger partial charge is 0.344 e. The van der Waals surface area contributed by atoms with E-state index in [0.29, 0.717) is 17.4 Å². The average molecular weight is 665 g/mol. The molecular formula is C35H44N4O7S. The zero-order valence-corrected chi connectivity index (χ0v) is 28.2. The summed E-state index contributed by atoms with van der Waals surface area (Å²) in [5.41, 5.74) is 3.48. The highest BCUT2D eigenvalue weighted by Gasteiger charge is 2.41. The molecule has 2 N–H and O–H groups in total. The van der Waals surface area contributed by atoms with Crippen LogP contribution < -0.4 is 15.4 Å². The van der Waals surface area contributed by atoms with Gasteiger partial charge in [0.05, 0.1) is 11.5 Å². The highest BCUT2D eigenvalue weighted by Crippen LogP contribution is 2.24. The molecule has 0 radical (unpaired) electrons. The van der Waals surface area contributed by atoms with Gasteiger partial charge in [-0.25, -0.2) is 18.0 Å². The number of sulfonamides is 1.